The Balaban J connectivity index is 2.30. The summed E-state index contributed by atoms with van der Waals surface area (Å²) >= 11 is 0.158. The average molecular weight is 190 g/mol. The number of rotatable bonds is 2. The van der Waals surface area contributed by atoms with Gasteiger partial charge in [0.05, 0.1) is 0 Å². The van der Waals surface area contributed by atoms with E-state index in [1.807, 2.05) is 0 Å². The van der Waals surface area contributed by atoms with E-state index in [-0.39, 0.29) is 11.1 Å². The van der Waals surface area contributed by atoms with Crippen LogP contribution in [0, 0.1) is 0 Å². The third kappa shape index (κ3) is 2.64. The highest BCUT2D eigenvalue weighted by Crippen LogP contribution is 2.26. The van der Waals surface area contributed by atoms with Crippen molar-refractivity contribution in [1.82, 2.24) is 9.21 Å². The molecule has 0 atom stereocenters. The summed E-state index contributed by atoms with van der Waals surface area (Å²) in [4.78, 5) is 2.37. The molecule has 0 spiro atoms. The fourth-order valence-electron chi connectivity index (χ4n) is 1.77. The summed E-state index contributed by atoms with van der Waals surface area (Å²) in [5, 5.41) is 0. The third-order valence-electron chi connectivity index (χ3n) is 2.74. The molecule has 1 aliphatic heterocycles. The lowest BCUT2D eigenvalue weighted by Gasteiger charge is -2.38. The van der Waals surface area contributed by atoms with Gasteiger partial charge in [0.1, 0.15) is 0 Å². The molecule has 1 fully saturated rings. The first kappa shape index (κ1) is 10.4. The quantitative estimate of drug-likeness (QED) is 0.654. The molecular formula is C9H22N2S. The first-order valence-electron chi connectivity index (χ1n) is 4.70. The highest BCUT2D eigenvalue weighted by Gasteiger charge is 2.20. The Hall–Kier alpha value is 0.270. The second-order valence-corrected chi connectivity index (χ2v) is 6.26. The topological polar surface area (TPSA) is 6.48 Å². The second-order valence-electron chi connectivity index (χ2n) is 4.00. The van der Waals surface area contributed by atoms with Gasteiger partial charge in [-0.15, -0.1) is 0 Å². The van der Waals surface area contributed by atoms with E-state index in [0.717, 1.165) is 6.04 Å². The molecular weight excluding hydrogens is 168 g/mol. The maximum absolute atomic E-state index is 2.63. The molecule has 0 unspecified atom stereocenters. The molecule has 1 saturated heterocycles. The van der Waals surface area contributed by atoms with Crippen LogP contribution >= 0.6 is 11.1 Å². The number of thiol groups is 1. The van der Waals surface area contributed by atoms with E-state index >= 15 is 0 Å². The first-order valence-corrected chi connectivity index (χ1v) is 6.88. The standard InChI is InChI=1S/C9H22N2S/c1-10(2)9-5-7-11(8-6-9)12(3)4/h9,12H,5-8H2,1-4H3. The van der Waals surface area contributed by atoms with Gasteiger partial charge in [0.25, 0.3) is 0 Å². The number of piperidine rings is 1. The fraction of sp³-hybridized carbons (Fsp3) is 1.00. The molecule has 1 aliphatic rings. The van der Waals surface area contributed by atoms with E-state index in [1.54, 1.807) is 0 Å². The Morgan fingerprint density at radius 2 is 1.67 bits per heavy atom. The molecule has 0 bridgehead atoms. The molecule has 0 aromatic rings. The number of hydrogen-bond donors (Lipinski definition) is 1. The molecule has 3 heteroatoms. The fourth-order valence-corrected chi connectivity index (χ4v) is 2.80. The Morgan fingerprint density at radius 1 is 1.17 bits per heavy atom. The van der Waals surface area contributed by atoms with Crippen molar-refractivity contribution in [3.05, 3.63) is 0 Å². The van der Waals surface area contributed by atoms with Crippen LogP contribution < -0.4 is 0 Å². The minimum Gasteiger partial charge on any atom is -0.306 e. The Morgan fingerprint density at radius 3 is 2.00 bits per heavy atom. The summed E-state index contributed by atoms with van der Waals surface area (Å²) in [5.41, 5.74) is 0. The SMILES string of the molecule is CN(C)C1CCN([SH](C)C)CC1. The van der Waals surface area contributed by atoms with E-state index in [2.05, 4.69) is 35.8 Å². The van der Waals surface area contributed by atoms with Gasteiger partial charge in [-0.1, -0.05) is 0 Å². The molecule has 0 radical (unpaired) electrons. The molecule has 1 heterocycles. The van der Waals surface area contributed by atoms with E-state index in [1.165, 1.54) is 25.9 Å². The predicted octanol–water partition coefficient (Wildman–Crippen LogP) is 1.19. The van der Waals surface area contributed by atoms with Crippen LogP contribution in [-0.2, 0) is 0 Å². The van der Waals surface area contributed by atoms with Gasteiger partial charge in [-0.05, 0) is 39.4 Å². The van der Waals surface area contributed by atoms with Gasteiger partial charge in [0, 0.05) is 19.1 Å². The molecule has 0 aromatic carbocycles. The maximum Gasteiger partial charge on any atom is 0.0114 e. The Bertz CT molecular complexity index is 112. The lowest BCUT2D eigenvalue weighted by molar-refractivity contribution is 0.203. The van der Waals surface area contributed by atoms with E-state index in [4.69, 9.17) is 0 Å². The average Bonchev–Trinajstić information content (AvgIpc) is 2.04. The van der Waals surface area contributed by atoms with Crippen molar-refractivity contribution in [3.8, 4) is 0 Å². The summed E-state index contributed by atoms with van der Waals surface area (Å²) < 4.78 is 2.63. The van der Waals surface area contributed by atoms with Gasteiger partial charge >= 0.3 is 0 Å². The molecule has 12 heavy (non-hydrogen) atoms. The van der Waals surface area contributed by atoms with Crippen LogP contribution in [0.1, 0.15) is 12.8 Å². The van der Waals surface area contributed by atoms with Crippen molar-refractivity contribution in [2.75, 3.05) is 39.7 Å². The number of nitrogens with zero attached hydrogens (tertiary/aromatic N) is 2. The zero-order chi connectivity index (χ0) is 9.14. The van der Waals surface area contributed by atoms with Crippen LogP contribution in [0.15, 0.2) is 0 Å². The van der Waals surface area contributed by atoms with Gasteiger partial charge in [-0.25, -0.2) is 11.1 Å². The minimum atomic E-state index is 0.158. The maximum atomic E-state index is 2.63. The van der Waals surface area contributed by atoms with Crippen molar-refractivity contribution in [2.45, 2.75) is 18.9 Å². The van der Waals surface area contributed by atoms with Crippen LogP contribution in [0.5, 0.6) is 0 Å². The second kappa shape index (κ2) is 4.49. The summed E-state index contributed by atoms with van der Waals surface area (Å²) in [5.74, 6) is 0. The first-order chi connectivity index (χ1) is 5.61. The smallest absolute Gasteiger partial charge is 0.0114 e. The summed E-state index contributed by atoms with van der Waals surface area (Å²) in [6.45, 7) is 2.61. The lowest BCUT2D eigenvalue weighted by atomic mass is 10.1. The summed E-state index contributed by atoms with van der Waals surface area (Å²) in [6, 6.07) is 0.830. The molecule has 74 valence electrons. The van der Waals surface area contributed by atoms with E-state index < -0.39 is 0 Å². The molecule has 0 saturated carbocycles. The molecule has 0 aliphatic carbocycles. The van der Waals surface area contributed by atoms with Crippen LogP contribution in [0.4, 0.5) is 0 Å². The largest absolute Gasteiger partial charge is 0.306 e. The summed E-state index contributed by atoms with van der Waals surface area (Å²) in [6.07, 6.45) is 7.41. The van der Waals surface area contributed by atoms with Crippen molar-refractivity contribution in [3.63, 3.8) is 0 Å². The molecule has 0 N–H and O–H groups in total. The highest BCUT2D eigenvalue weighted by atomic mass is 32.2. The van der Waals surface area contributed by atoms with Crippen LogP contribution in [0.25, 0.3) is 0 Å². The Kier molecular flexibility index (Phi) is 3.87. The molecule has 0 amide bonds. The third-order valence-corrected chi connectivity index (χ3v) is 4.27. The van der Waals surface area contributed by atoms with Gasteiger partial charge in [0.2, 0.25) is 0 Å². The van der Waals surface area contributed by atoms with Crippen molar-refractivity contribution in [2.24, 2.45) is 0 Å². The molecule has 1 rings (SSSR count). The summed E-state index contributed by atoms with van der Waals surface area (Å²) in [7, 11) is 4.39. The molecule has 2 nitrogen and oxygen atoms in total. The van der Waals surface area contributed by atoms with E-state index in [9.17, 15) is 0 Å². The lowest BCUT2D eigenvalue weighted by Crippen LogP contribution is -2.40. The Labute approximate surface area is 79.4 Å². The van der Waals surface area contributed by atoms with E-state index in [0.29, 0.717) is 0 Å². The normalized spacial score (nSPS) is 23.2. The van der Waals surface area contributed by atoms with Crippen molar-refractivity contribution in [1.29, 1.82) is 0 Å². The molecule has 0 aromatic heterocycles. The van der Waals surface area contributed by atoms with Crippen LogP contribution in [0.3, 0.4) is 0 Å². The monoisotopic (exact) mass is 190 g/mol. The zero-order valence-electron chi connectivity index (χ0n) is 8.75. The van der Waals surface area contributed by atoms with Gasteiger partial charge in [-0.3, -0.25) is 4.31 Å². The number of hydrogen-bond acceptors (Lipinski definition) is 2. The van der Waals surface area contributed by atoms with Gasteiger partial charge in [0.15, 0.2) is 0 Å². The predicted molar refractivity (Wildman–Crippen MR) is 59.1 cm³/mol. The van der Waals surface area contributed by atoms with Crippen LogP contribution in [0.2, 0.25) is 0 Å². The van der Waals surface area contributed by atoms with Crippen molar-refractivity contribution < 1.29 is 0 Å². The highest BCUT2D eigenvalue weighted by molar-refractivity contribution is 8.13. The van der Waals surface area contributed by atoms with Crippen LogP contribution in [-0.4, -0.2) is 54.9 Å². The van der Waals surface area contributed by atoms with Crippen molar-refractivity contribution >= 4 is 11.1 Å². The minimum absolute atomic E-state index is 0.158. The van der Waals surface area contributed by atoms with Gasteiger partial charge < -0.3 is 4.90 Å². The zero-order valence-corrected chi connectivity index (χ0v) is 9.64. The van der Waals surface area contributed by atoms with Gasteiger partial charge in [-0.2, -0.15) is 0 Å².